The summed E-state index contributed by atoms with van der Waals surface area (Å²) in [5, 5.41) is 2.74. The van der Waals surface area contributed by atoms with Gasteiger partial charge in [-0.15, -0.1) is 0 Å². The topological polar surface area (TPSA) is 78.5 Å². The van der Waals surface area contributed by atoms with E-state index in [4.69, 9.17) is 0 Å². The van der Waals surface area contributed by atoms with E-state index in [0.29, 0.717) is 6.04 Å². The van der Waals surface area contributed by atoms with Crippen molar-refractivity contribution in [1.82, 2.24) is 10.0 Å². The molecule has 0 saturated heterocycles. The molecular weight excluding hydrogens is 338 g/mol. The molecule has 6 nitrogen and oxygen atoms in total. The Bertz CT molecular complexity index is 725. The van der Waals surface area contributed by atoms with E-state index >= 15 is 0 Å². The number of benzene rings is 1. The van der Waals surface area contributed by atoms with Crippen LogP contribution in [-0.4, -0.2) is 34.5 Å². The van der Waals surface area contributed by atoms with Gasteiger partial charge in [-0.25, -0.2) is 13.1 Å². The van der Waals surface area contributed by atoms with Crippen LogP contribution in [0.2, 0.25) is 0 Å². The van der Waals surface area contributed by atoms with Crippen molar-refractivity contribution >= 4 is 21.6 Å². The fourth-order valence-corrected chi connectivity index (χ4v) is 4.03. The molecule has 1 saturated carbocycles. The van der Waals surface area contributed by atoms with Crippen LogP contribution in [0, 0.1) is 0 Å². The van der Waals surface area contributed by atoms with Crippen molar-refractivity contribution in [2.45, 2.75) is 49.6 Å². The fourth-order valence-electron chi connectivity index (χ4n) is 3.25. The van der Waals surface area contributed by atoms with Crippen LogP contribution in [0.25, 0.3) is 0 Å². The van der Waals surface area contributed by atoms with Crippen LogP contribution in [0.5, 0.6) is 0 Å². The molecule has 0 unspecified atom stereocenters. The molecule has 0 radical (unpaired) electrons. The summed E-state index contributed by atoms with van der Waals surface area (Å²) in [4.78, 5) is 13.9. The third kappa shape index (κ3) is 4.83. The van der Waals surface area contributed by atoms with Crippen molar-refractivity contribution in [3.05, 3.63) is 36.4 Å². The van der Waals surface area contributed by atoms with Crippen LogP contribution in [-0.2, 0) is 21.4 Å². The van der Waals surface area contributed by atoms with Crippen LogP contribution < -0.4 is 14.9 Å². The molecule has 1 aliphatic rings. The minimum atomic E-state index is -3.53. The molecule has 7 heteroatoms. The molecular formula is C18H27N3O3S. The highest BCUT2D eigenvalue weighted by molar-refractivity contribution is 7.89. The van der Waals surface area contributed by atoms with Gasteiger partial charge in [-0.3, -0.25) is 4.79 Å². The fraction of sp³-hybridized carbons (Fsp3) is 0.500. The maximum Gasteiger partial charge on any atom is 0.243 e. The summed E-state index contributed by atoms with van der Waals surface area (Å²) in [6, 6.07) is 5.51. The van der Waals surface area contributed by atoms with Crippen molar-refractivity contribution in [2.24, 2.45) is 0 Å². The molecule has 2 rings (SSSR count). The Morgan fingerprint density at radius 3 is 2.60 bits per heavy atom. The van der Waals surface area contributed by atoms with Crippen LogP contribution >= 0.6 is 0 Å². The SMILES string of the molecule is C=CC(=O)NCc1cc(S(=O)(=O)NC)ccc1N(C)C1CCCCC1. The Kier molecular flexibility index (Phi) is 6.61. The number of amides is 1. The number of sulfonamides is 1. The summed E-state index contributed by atoms with van der Waals surface area (Å²) in [7, 11) is -0.110. The van der Waals surface area contributed by atoms with E-state index in [9.17, 15) is 13.2 Å². The maximum atomic E-state index is 12.1. The summed E-state index contributed by atoms with van der Waals surface area (Å²) in [6.45, 7) is 3.70. The van der Waals surface area contributed by atoms with Gasteiger partial charge in [0.2, 0.25) is 15.9 Å². The second-order valence-corrected chi connectivity index (χ2v) is 8.21. The summed E-state index contributed by atoms with van der Waals surface area (Å²) in [6.07, 6.45) is 7.16. The van der Waals surface area contributed by atoms with Crippen LogP contribution in [0.1, 0.15) is 37.7 Å². The van der Waals surface area contributed by atoms with E-state index in [1.165, 1.54) is 32.4 Å². The number of nitrogens with one attached hydrogen (secondary N) is 2. The lowest BCUT2D eigenvalue weighted by Crippen LogP contribution is -2.34. The van der Waals surface area contributed by atoms with Crippen molar-refractivity contribution in [1.29, 1.82) is 0 Å². The second kappa shape index (κ2) is 8.49. The monoisotopic (exact) mass is 365 g/mol. The molecule has 0 aromatic heterocycles. The van der Waals surface area contributed by atoms with Crippen molar-refractivity contribution in [2.75, 3.05) is 19.0 Å². The lowest BCUT2D eigenvalue weighted by Gasteiger charge is -2.34. The summed E-state index contributed by atoms with van der Waals surface area (Å²) in [5.74, 6) is -0.284. The van der Waals surface area contributed by atoms with E-state index in [1.54, 1.807) is 12.1 Å². The van der Waals surface area contributed by atoms with Crippen LogP contribution in [0.15, 0.2) is 35.7 Å². The third-order valence-electron chi connectivity index (χ3n) is 4.77. The molecule has 1 amide bonds. The Balaban J connectivity index is 2.35. The number of anilines is 1. The Morgan fingerprint density at radius 1 is 1.32 bits per heavy atom. The highest BCUT2D eigenvalue weighted by atomic mass is 32.2. The average molecular weight is 365 g/mol. The first-order chi connectivity index (χ1) is 11.9. The van der Waals surface area contributed by atoms with Gasteiger partial charge in [-0.2, -0.15) is 0 Å². The molecule has 1 fully saturated rings. The molecule has 0 bridgehead atoms. The lowest BCUT2D eigenvalue weighted by molar-refractivity contribution is -0.116. The number of hydrogen-bond acceptors (Lipinski definition) is 4. The minimum absolute atomic E-state index is 0.193. The van der Waals surface area contributed by atoms with Gasteiger partial charge in [-0.1, -0.05) is 25.8 Å². The Labute approximate surface area is 150 Å². The molecule has 0 aliphatic heterocycles. The molecule has 1 aromatic carbocycles. The first-order valence-corrected chi connectivity index (χ1v) is 10.1. The summed E-state index contributed by atoms with van der Waals surface area (Å²) < 4.78 is 26.5. The zero-order valence-electron chi connectivity index (χ0n) is 14.9. The van der Waals surface area contributed by atoms with Gasteiger partial charge in [0.1, 0.15) is 0 Å². The molecule has 138 valence electrons. The summed E-state index contributed by atoms with van der Waals surface area (Å²) in [5.41, 5.74) is 1.73. The average Bonchev–Trinajstić information content (AvgIpc) is 2.65. The van der Waals surface area contributed by atoms with Crippen LogP contribution in [0.4, 0.5) is 5.69 Å². The predicted octanol–water partition coefficient (Wildman–Crippen LogP) is 2.17. The van der Waals surface area contributed by atoms with Gasteiger partial charge in [0, 0.05) is 25.3 Å². The smallest absolute Gasteiger partial charge is 0.243 e. The molecule has 25 heavy (non-hydrogen) atoms. The zero-order valence-corrected chi connectivity index (χ0v) is 15.7. The van der Waals surface area contributed by atoms with Gasteiger partial charge in [-0.05, 0) is 49.7 Å². The van der Waals surface area contributed by atoms with Crippen molar-refractivity contribution in [3.63, 3.8) is 0 Å². The molecule has 0 atom stereocenters. The Morgan fingerprint density at radius 2 is 2.00 bits per heavy atom. The molecule has 1 aromatic rings. The van der Waals surface area contributed by atoms with E-state index in [0.717, 1.165) is 24.1 Å². The predicted molar refractivity (Wildman–Crippen MR) is 100 cm³/mol. The maximum absolute atomic E-state index is 12.1. The first-order valence-electron chi connectivity index (χ1n) is 8.58. The highest BCUT2D eigenvalue weighted by Crippen LogP contribution is 2.30. The van der Waals surface area contributed by atoms with E-state index in [-0.39, 0.29) is 17.3 Å². The van der Waals surface area contributed by atoms with E-state index in [1.807, 2.05) is 13.1 Å². The molecule has 2 N–H and O–H groups in total. The number of hydrogen-bond donors (Lipinski definition) is 2. The van der Waals surface area contributed by atoms with Crippen LogP contribution in [0.3, 0.4) is 0 Å². The first kappa shape index (κ1) is 19.5. The second-order valence-electron chi connectivity index (χ2n) is 6.32. The van der Waals surface area contributed by atoms with Gasteiger partial charge in [0.05, 0.1) is 4.90 Å². The zero-order chi connectivity index (χ0) is 18.4. The lowest BCUT2D eigenvalue weighted by atomic mass is 9.94. The quantitative estimate of drug-likeness (QED) is 0.726. The number of nitrogens with zero attached hydrogens (tertiary/aromatic N) is 1. The third-order valence-corrected chi connectivity index (χ3v) is 6.18. The number of carbonyl (C=O) groups excluding carboxylic acids is 1. The van der Waals surface area contributed by atoms with Gasteiger partial charge in [0.15, 0.2) is 0 Å². The molecule has 0 spiro atoms. The van der Waals surface area contributed by atoms with Gasteiger partial charge < -0.3 is 10.2 Å². The van der Waals surface area contributed by atoms with Crippen molar-refractivity contribution in [3.8, 4) is 0 Å². The summed E-state index contributed by atoms with van der Waals surface area (Å²) >= 11 is 0. The molecule has 0 heterocycles. The van der Waals surface area contributed by atoms with E-state index in [2.05, 4.69) is 21.5 Å². The number of carbonyl (C=O) groups is 1. The largest absolute Gasteiger partial charge is 0.371 e. The van der Waals surface area contributed by atoms with Gasteiger partial charge in [0.25, 0.3) is 0 Å². The highest BCUT2D eigenvalue weighted by Gasteiger charge is 2.22. The number of rotatable bonds is 7. The molecule has 1 aliphatic carbocycles. The van der Waals surface area contributed by atoms with Crippen molar-refractivity contribution < 1.29 is 13.2 Å². The van der Waals surface area contributed by atoms with E-state index < -0.39 is 10.0 Å². The minimum Gasteiger partial charge on any atom is -0.371 e. The Hall–Kier alpha value is -1.86. The standard InChI is InChI=1S/C18H27N3O3S/c1-4-18(22)20-13-14-12-16(25(23,24)19-2)10-11-17(14)21(3)15-8-6-5-7-9-15/h4,10-12,15,19H,1,5-9,13H2,2-3H3,(H,20,22). The van der Waals surface area contributed by atoms with Gasteiger partial charge >= 0.3 is 0 Å². The normalized spacial score (nSPS) is 15.6.